The van der Waals surface area contributed by atoms with Crippen molar-refractivity contribution in [1.82, 2.24) is 15.5 Å². The van der Waals surface area contributed by atoms with Crippen molar-refractivity contribution >= 4 is 23.3 Å². The van der Waals surface area contributed by atoms with Gasteiger partial charge in [-0.25, -0.2) is 4.79 Å². The lowest BCUT2D eigenvalue weighted by atomic mass is 10.2. The summed E-state index contributed by atoms with van der Waals surface area (Å²) in [6.07, 6.45) is 0.298. The lowest BCUT2D eigenvalue weighted by Crippen LogP contribution is -2.50. The summed E-state index contributed by atoms with van der Waals surface area (Å²) in [4.78, 5) is 31.2. The van der Waals surface area contributed by atoms with Crippen LogP contribution in [0.2, 0.25) is 0 Å². The monoisotopic (exact) mass is 467 g/mol. The van der Waals surface area contributed by atoms with Gasteiger partial charge in [0.15, 0.2) is 0 Å². The predicted molar refractivity (Wildman–Crippen MR) is 132 cm³/mol. The SMILES string of the molecule is COc1ccc(N2CCN(CCNC(=O)N[C@H]3CC(=O)N(c4ccc(OC)cc4)C3)CC2)cc1. The number of ether oxygens (including phenoxy) is 2. The van der Waals surface area contributed by atoms with Gasteiger partial charge in [-0.3, -0.25) is 9.69 Å². The summed E-state index contributed by atoms with van der Waals surface area (Å²) >= 11 is 0. The third-order valence-corrected chi connectivity index (χ3v) is 6.37. The first-order valence-corrected chi connectivity index (χ1v) is 11.7. The molecule has 0 unspecified atom stereocenters. The molecule has 9 nitrogen and oxygen atoms in total. The molecule has 9 heteroatoms. The Hall–Kier alpha value is -3.46. The van der Waals surface area contributed by atoms with E-state index in [0.29, 0.717) is 19.5 Å². The number of nitrogens with zero attached hydrogens (tertiary/aromatic N) is 3. The number of carbonyl (C=O) groups is 2. The van der Waals surface area contributed by atoms with Crippen molar-refractivity contribution in [3.8, 4) is 11.5 Å². The molecule has 0 radical (unpaired) electrons. The minimum Gasteiger partial charge on any atom is -0.497 e. The highest BCUT2D eigenvalue weighted by molar-refractivity contribution is 5.96. The van der Waals surface area contributed by atoms with Gasteiger partial charge in [-0.1, -0.05) is 0 Å². The molecule has 0 bridgehead atoms. The smallest absolute Gasteiger partial charge is 0.315 e. The average molecular weight is 468 g/mol. The number of methoxy groups -OCH3 is 2. The van der Waals surface area contributed by atoms with Gasteiger partial charge in [0.05, 0.1) is 20.3 Å². The Morgan fingerprint density at radius 1 is 0.912 bits per heavy atom. The first kappa shape index (κ1) is 23.7. The summed E-state index contributed by atoms with van der Waals surface area (Å²) in [6.45, 7) is 5.62. The third kappa shape index (κ3) is 5.91. The molecule has 2 aliphatic heterocycles. The van der Waals surface area contributed by atoms with Crippen molar-refractivity contribution in [2.75, 3.05) is 69.8 Å². The van der Waals surface area contributed by atoms with Gasteiger partial charge < -0.3 is 29.9 Å². The number of nitrogens with one attached hydrogen (secondary N) is 2. The molecule has 2 fully saturated rings. The standard InChI is InChI=1S/C25H33N5O4/c1-33-22-7-3-20(4-8-22)29-15-13-28(14-16-29)12-11-26-25(32)27-19-17-24(31)30(18-19)21-5-9-23(34-2)10-6-21/h3-10,19H,11-18H2,1-2H3,(H2,26,27,32)/t19-/m0/s1. The van der Waals surface area contributed by atoms with E-state index >= 15 is 0 Å². The molecule has 2 aromatic rings. The zero-order valence-corrected chi connectivity index (χ0v) is 19.8. The number of benzene rings is 2. The number of piperazine rings is 1. The molecular formula is C25H33N5O4. The molecule has 1 atom stereocenters. The molecule has 182 valence electrons. The third-order valence-electron chi connectivity index (χ3n) is 6.37. The maximum absolute atomic E-state index is 12.4. The molecule has 2 aliphatic rings. The molecule has 3 amide bonds. The van der Waals surface area contributed by atoms with E-state index in [9.17, 15) is 9.59 Å². The summed E-state index contributed by atoms with van der Waals surface area (Å²) in [5.74, 6) is 1.61. The van der Waals surface area contributed by atoms with Gasteiger partial charge >= 0.3 is 6.03 Å². The van der Waals surface area contributed by atoms with Crippen molar-refractivity contribution in [2.45, 2.75) is 12.5 Å². The highest BCUT2D eigenvalue weighted by Crippen LogP contribution is 2.24. The lowest BCUT2D eigenvalue weighted by molar-refractivity contribution is -0.117. The van der Waals surface area contributed by atoms with Crippen LogP contribution in [0.1, 0.15) is 6.42 Å². The Morgan fingerprint density at radius 3 is 2.09 bits per heavy atom. The summed E-state index contributed by atoms with van der Waals surface area (Å²) < 4.78 is 10.4. The number of amides is 3. The first-order valence-electron chi connectivity index (χ1n) is 11.7. The summed E-state index contributed by atoms with van der Waals surface area (Å²) in [6, 6.07) is 15.1. The molecule has 2 saturated heterocycles. The number of urea groups is 1. The molecular weight excluding hydrogens is 434 g/mol. The van der Waals surface area contributed by atoms with E-state index in [4.69, 9.17) is 9.47 Å². The van der Waals surface area contributed by atoms with Crippen LogP contribution >= 0.6 is 0 Å². The molecule has 2 aromatic carbocycles. The van der Waals surface area contributed by atoms with Crippen molar-refractivity contribution in [2.24, 2.45) is 0 Å². The number of hydrogen-bond acceptors (Lipinski definition) is 6. The maximum Gasteiger partial charge on any atom is 0.315 e. The van der Waals surface area contributed by atoms with E-state index in [0.717, 1.165) is 49.9 Å². The van der Waals surface area contributed by atoms with Gasteiger partial charge in [0.1, 0.15) is 11.5 Å². The Labute approximate surface area is 200 Å². The molecule has 2 heterocycles. The molecule has 0 aliphatic carbocycles. The Bertz CT molecular complexity index is 958. The van der Waals surface area contributed by atoms with Crippen LogP contribution in [-0.2, 0) is 4.79 Å². The molecule has 34 heavy (non-hydrogen) atoms. The van der Waals surface area contributed by atoms with Crippen molar-refractivity contribution < 1.29 is 19.1 Å². The van der Waals surface area contributed by atoms with E-state index in [1.165, 1.54) is 5.69 Å². The number of hydrogen-bond donors (Lipinski definition) is 2. The fourth-order valence-corrected chi connectivity index (χ4v) is 4.40. The largest absolute Gasteiger partial charge is 0.497 e. The molecule has 0 saturated carbocycles. The molecule has 2 N–H and O–H groups in total. The van der Waals surface area contributed by atoms with Gasteiger partial charge in [-0.2, -0.15) is 0 Å². The summed E-state index contributed by atoms with van der Waals surface area (Å²) in [5, 5.41) is 5.86. The Balaban J connectivity index is 1.15. The Morgan fingerprint density at radius 2 is 1.50 bits per heavy atom. The van der Waals surface area contributed by atoms with Gasteiger partial charge in [-0.15, -0.1) is 0 Å². The normalized spacial score (nSPS) is 18.6. The van der Waals surface area contributed by atoms with Crippen LogP contribution in [0.3, 0.4) is 0 Å². The van der Waals surface area contributed by atoms with E-state index in [1.54, 1.807) is 19.1 Å². The van der Waals surface area contributed by atoms with Crippen LogP contribution in [0.15, 0.2) is 48.5 Å². The van der Waals surface area contributed by atoms with E-state index in [2.05, 4.69) is 32.6 Å². The second-order valence-corrected chi connectivity index (χ2v) is 8.53. The minimum absolute atomic E-state index is 0.00481. The predicted octanol–water partition coefficient (Wildman–Crippen LogP) is 1.93. The second-order valence-electron chi connectivity index (χ2n) is 8.53. The fraction of sp³-hybridized carbons (Fsp3) is 0.440. The van der Waals surface area contributed by atoms with Crippen molar-refractivity contribution in [3.05, 3.63) is 48.5 Å². The van der Waals surface area contributed by atoms with Crippen LogP contribution < -0.4 is 29.9 Å². The van der Waals surface area contributed by atoms with Crippen LogP contribution in [-0.4, -0.2) is 82.9 Å². The fourth-order valence-electron chi connectivity index (χ4n) is 4.40. The van der Waals surface area contributed by atoms with Gasteiger partial charge in [0, 0.05) is 63.6 Å². The molecule has 0 spiro atoms. The molecule has 0 aromatic heterocycles. The van der Waals surface area contributed by atoms with E-state index in [-0.39, 0.29) is 18.0 Å². The Kier molecular flexibility index (Phi) is 7.74. The first-order chi connectivity index (χ1) is 16.6. The van der Waals surface area contributed by atoms with Gasteiger partial charge in [0.25, 0.3) is 0 Å². The van der Waals surface area contributed by atoms with Crippen molar-refractivity contribution in [3.63, 3.8) is 0 Å². The number of carbonyl (C=O) groups excluding carboxylic acids is 2. The summed E-state index contributed by atoms with van der Waals surface area (Å²) in [7, 11) is 3.28. The highest BCUT2D eigenvalue weighted by atomic mass is 16.5. The van der Waals surface area contributed by atoms with Crippen LogP contribution in [0.4, 0.5) is 16.2 Å². The van der Waals surface area contributed by atoms with Crippen LogP contribution in [0.5, 0.6) is 11.5 Å². The van der Waals surface area contributed by atoms with Crippen molar-refractivity contribution in [1.29, 1.82) is 0 Å². The van der Waals surface area contributed by atoms with E-state index in [1.807, 2.05) is 36.4 Å². The van der Waals surface area contributed by atoms with Crippen LogP contribution in [0.25, 0.3) is 0 Å². The second kappa shape index (κ2) is 11.1. The zero-order valence-electron chi connectivity index (χ0n) is 19.8. The number of rotatable bonds is 8. The quantitative estimate of drug-likeness (QED) is 0.617. The zero-order chi connectivity index (χ0) is 23.9. The number of anilines is 2. The topological polar surface area (TPSA) is 86.4 Å². The van der Waals surface area contributed by atoms with Gasteiger partial charge in [0.2, 0.25) is 5.91 Å². The summed E-state index contributed by atoms with van der Waals surface area (Å²) in [5.41, 5.74) is 2.01. The van der Waals surface area contributed by atoms with Crippen LogP contribution in [0, 0.1) is 0 Å². The van der Waals surface area contributed by atoms with E-state index < -0.39 is 0 Å². The van der Waals surface area contributed by atoms with Gasteiger partial charge in [-0.05, 0) is 48.5 Å². The maximum atomic E-state index is 12.4. The average Bonchev–Trinajstić information content (AvgIpc) is 3.24. The minimum atomic E-state index is -0.230. The lowest BCUT2D eigenvalue weighted by Gasteiger charge is -2.36. The molecule has 4 rings (SSSR count). The highest BCUT2D eigenvalue weighted by Gasteiger charge is 2.31.